The van der Waals surface area contributed by atoms with Crippen LogP contribution in [0.25, 0.3) is 0 Å². The molecule has 0 unspecified atom stereocenters. The third-order valence-electron chi connectivity index (χ3n) is 4.48. The van der Waals surface area contributed by atoms with Crippen LogP contribution in [0.15, 0.2) is 34.9 Å². The van der Waals surface area contributed by atoms with Gasteiger partial charge in [0.15, 0.2) is 0 Å². The summed E-state index contributed by atoms with van der Waals surface area (Å²) in [6, 6.07) is 8.61. The summed E-state index contributed by atoms with van der Waals surface area (Å²) in [6.45, 7) is 2.98. The van der Waals surface area contributed by atoms with Crippen LogP contribution in [0, 0.1) is 0 Å². The van der Waals surface area contributed by atoms with Gasteiger partial charge in [-0.15, -0.1) is 5.10 Å². The van der Waals surface area contributed by atoms with E-state index in [4.69, 9.17) is 5.11 Å². The van der Waals surface area contributed by atoms with Gasteiger partial charge in [0.1, 0.15) is 6.54 Å². The SMILES string of the molecule is O=C(O)Cn1cc(CCN2CCC(c3cccc(Br)c3)CC2)nn1. The van der Waals surface area contributed by atoms with Crippen molar-refractivity contribution in [3.05, 3.63) is 46.2 Å². The lowest BCUT2D eigenvalue weighted by Crippen LogP contribution is -2.34. The number of hydrogen-bond acceptors (Lipinski definition) is 4. The summed E-state index contributed by atoms with van der Waals surface area (Å²) in [5.41, 5.74) is 2.27. The van der Waals surface area contributed by atoms with E-state index in [0.29, 0.717) is 5.92 Å². The van der Waals surface area contributed by atoms with E-state index < -0.39 is 5.97 Å². The van der Waals surface area contributed by atoms with E-state index in [1.165, 1.54) is 23.1 Å². The average molecular weight is 393 g/mol. The molecule has 7 heteroatoms. The fourth-order valence-electron chi connectivity index (χ4n) is 3.19. The first-order valence-electron chi connectivity index (χ1n) is 8.19. The molecule has 2 heterocycles. The van der Waals surface area contributed by atoms with Crippen molar-refractivity contribution < 1.29 is 9.90 Å². The van der Waals surface area contributed by atoms with E-state index >= 15 is 0 Å². The first-order chi connectivity index (χ1) is 11.6. The van der Waals surface area contributed by atoms with Gasteiger partial charge in [-0.05, 0) is 49.5 Å². The summed E-state index contributed by atoms with van der Waals surface area (Å²) in [7, 11) is 0. The van der Waals surface area contributed by atoms with Crippen molar-refractivity contribution in [2.24, 2.45) is 0 Å². The predicted molar refractivity (Wildman–Crippen MR) is 93.9 cm³/mol. The maximum absolute atomic E-state index is 10.7. The fraction of sp³-hybridized carbons (Fsp3) is 0.471. The van der Waals surface area contributed by atoms with Gasteiger partial charge in [0.2, 0.25) is 0 Å². The molecule has 1 fully saturated rings. The number of carboxylic acid groups (broad SMARTS) is 1. The molecular weight excluding hydrogens is 372 g/mol. The zero-order valence-electron chi connectivity index (χ0n) is 13.4. The maximum atomic E-state index is 10.7. The molecule has 0 atom stereocenters. The Morgan fingerprint density at radius 1 is 1.33 bits per heavy atom. The van der Waals surface area contributed by atoms with Crippen molar-refractivity contribution in [2.45, 2.75) is 31.7 Å². The lowest BCUT2D eigenvalue weighted by atomic mass is 9.89. The molecule has 2 aromatic rings. The second-order valence-electron chi connectivity index (χ2n) is 6.22. The summed E-state index contributed by atoms with van der Waals surface area (Å²) in [5, 5.41) is 16.6. The third-order valence-corrected chi connectivity index (χ3v) is 4.97. The molecule has 0 saturated carbocycles. The van der Waals surface area contributed by atoms with Gasteiger partial charge in [0.05, 0.1) is 5.69 Å². The number of nitrogens with zero attached hydrogens (tertiary/aromatic N) is 4. The normalized spacial score (nSPS) is 16.4. The Labute approximate surface area is 149 Å². The molecule has 0 aliphatic carbocycles. The lowest BCUT2D eigenvalue weighted by molar-refractivity contribution is -0.137. The number of halogens is 1. The Morgan fingerprint density at radius 2 is 2.12 bits per heavy atom. The summed E-state index contributed by atoms with van der Waals surface area (Å²) >= 11 is 3.55. The first-order valence-corrected chi connectivity index (χ1v) is 8.98. The van der Waals surface area contributed by atoms with E-state index in [2.05, 4.69) is 55.4 Å². The second kappa shape index (κ2) is 7.90. The molecule has 0 amide bonds. The Bertz CT molecular complexity index is 695. The minimum atomic E-state index is -0.902. The average Bonchev–Trinajstić information content (AvgIpc) is 3.00. The maximum Gasteiger partial charge on any atom is 0.325 e. The number of carboxylic acids is 1. The summed E-state index contributed by atoms with van der Waals surface area (Å²) in [5.74, 6) is -0.267. The number of aromatic nitrogens is 3. The minimum absolute atomic E-state index is 0.134. The first kappa shape index (κ1) is 17.1. The zero-order chi connectivity index (χ0) is 16.9. The highest BCUT2D eigenvalue weighted by Crippen LogP contribution is 2.29. The molecule has 0 radical (unpaired) electrons. The van der Waals surface area contributed by atoms with Gasteiger partial charge < -0.3 is 10.0 Å². The van der Waals surface area contributed by atoms with Gasteiger partial charge >= 0.3 is 5.97 Å². The summed E-state index contributed by atoms with van der Waals surface area (Å²) in [6.07, 6.45) is 4.87. The Hall–Kier alpha value is -1.73. The molecule has 1 saturated heterocycles. The highest BCUT2D eigenvalue weighted by molar-refractivity contribution is 9.10. The largest absolute Gasteiger partial charge is 0.480 e. The zero-order valence-corrected chi connectivity index (χ0v) is 15.0. The minimum Gasteiger partial charge on any atom is -0.480 e. The van der Waals surface area contributed by atoms with Crippen molar-refractivity contribution >= 4 is 21.9 Å². The smallest absolute Gasteiger partial charge is 0.325 e. The van der Waals surface area contributed by atoms with Crippen LogP contribution >= 0.6 is 15.9 Å². The monoisotopic (exact) mass is 392 g/mol. The quantitative estimate of drug-likeness (QED) is 0.817. The molecular formula is C17H21BrN4O2. The van der Waals surface area contributed by atoms with Crippen LogP contribution in [0.2, 0.25) is 0 Å². The van der Waals surface area contributed by atoms with Crippen molar-refractivity contribution in [2.75, 3.05) is 19.6 Å². The molecule has 1 aliphatic heterocycles. The lowest BCUT2D eigenvalue weighted by Gasteiger charge is -2.32. The van der Waals surface area contributed by atoms with Crippen molar-refractivity contribution in [1.82, 2.24) is 19.9 Å². The van der Waals surface area contributed by atoms with Crippen LogP contribution in [-0.4, -0.2) is 50.6 Å². The molecule has 3 rings (SSSR count). The summed E-state index contributed by atoms with van der Waals surface area (Å²) in [4.78, 5) is 13.1. The number of hydrogen-bond donors (Lipinski definition) is 1. The van der Waals surface area contributed by atoms with Gasteiger partial charge in [-0.2, -0.15) is 0 Å². The highest BCUT2D eigenvalue weighted by Gasteiger charge is 2.20. The number of aliphatic carboxylic acids is 1. The number of piperidine rings is 1. The third kappa shape index (κ3) is 4.64. The van der Waals surface area contributed by atoms with Gasteiger partial charge in [0.25, 0.3) is 0 Å². The molecule has 0 spiro atoms. The van der Waals surface area contributed by atoms with Crippen LogP contribution in [0.1, 0.15) is 30.0 Å². The van der Waals surface area contributed by atoms with Crippen molar-refractivity contribution in [3.8, 4) is 0 Å². The second-order valence-corrected chi connectivity index (χ2v) is 7.14. The number of likely N-dealkylation sites (tertiary alicyclic amines) is 1. The molecule has 1 aromatic heterocycles. The van der Waals surface area contributed by atoms with E-state index in [-0.39, 0.29) is 6.54 Å². The van der Waals surface area contributed by atoms with Crippen molar-refractivity contribution in [3.63, 3.8) is 0 Å². The standard InChI is InChI=1S/C17H21BrN4O2/c18-15-3-1-2-14(10-15)13-4-7-21(8-5-13)9-6-16-11-22(20-19-16)12-17(23)24/h1-3,10-11,13H,4-9,12H2,(H,23,24). The van der Waals surface area contributed by atoms with Crippen LogP contribution in [-0.2, 0) is 17.8 Å². The van der Waals surface area contributed by atoms with Crippen LogP contribution in [0.4, 0.5) is 0 Å². The molecule has 1 N–H and O–H groups in total. The van der Waals surface area contributed by atoms with Gasteiger partial charge in [0, 0.05) is 23.6 Å². The van der Waals surface area contributed by atoms with E-state index in [1.807, 2.05) is 0 Å². The molecule has 6 nitrogen and oxygen atoms in total. The molecule has 1 aliphatic rings. The van der Waals surface area contributed by atoms with E-state index in [0.717, 1.165) is 36.2 Å². The van der Waals surface area contributed by atoms with Gasteiger partial charge in [-0.1, -0.05) is 33.3 Å². The van der Waals surface area contributed by atoms with Gasteiger partial charge in [-0.3, -0.25) is 4.79 Å². The Balaban J connectivity index is 1.45. The highest BCUT2D eigenvalue weighted by atomic mass is 79.9. The fourth-order valence-corrected chi connectivity index (χ4v) is 3.61. The molecule has 128 valence electrons. The van der Waals surface area contributed by atoms with Crippen molar-refractivity contribution in [1.29, 1.82) is 0 Å². The Morgan fingerprint density at radius 3 is 2.83 bits per heavy atom. The number of carbonyl (C=O) groups is 1. The topological polar surface area (TPSA) is 71.2 Å². The predicted octanol–water partition coefficient (Wildman–Crippen LogP) is 2.55. The van der Waals surface area contributed by atoms with Gasteiger partial charge in [-0.25, -0.2) is 4.68 Å². The molecule has 0 bridgehead atoms. The summed E-state index contributed by atoms with van der Waals surface area (Å²) < 4.78 is 2.52. The van der Waals surface area contributed by atoms with E-state index in [1.54, 1.807) is 6.20 Å². The molecule has 1 aromatic carbocycles. The number of benzene rings is 1. The Kier molecular flexibility index (Phi) is 5.63. The molecule has 24 heavy (non-hydrogen) atoms. The number of rotatable bonds is 6. The van der Waals surface area contributed by atoms with E-state index in [9.17, 15) is 4.79 Å². The van der Waals surface area contributed by atoms with Crippen LogP contribution in [0.5, 0.6) is 0 Å². The van der Waals surface area contributed by atoms with Crippen LogP contribution < -0.4 is 0 Å². The van der Waals surface area contributed by atoms with Crippen LogP contribution in [0.3, 0.4) is 0 Å².